The van der Waals surface area contributed by atoms with Crippen LogP contribution in [0, 0.1) is 0 Å². The molecule has 1 N–H and O–H groups in total. The Hall–Kier alpha value is -0.960. The van der Waals surface area contributed by atoms with Crippen molar-refractivity contribution in [2.45, 2.75) is 30.6 Å². The summed E-state index contributed by atoms with van der Waals surface area (Å²) in [6, 6.07) is 1.54. The predicted molar refractivity (Wildman–Crippen MR) is 92.4 cm³/mol. The van der Waals surface area contributed by atoms with E-state index in [-0.39, 0.29) is 10.8 Å². The van der Waals surface area contributed by atoms with Crippen LogP contribution in [0.15, 0.2) is 16.3 Å². The Morgan fingerprint density at radius 2 is 2.00 bits per heavy atom. The molecule has 1 aromatic heterocycles. The lowest BCUT2D eigenvalue weighted by Crippen LogP contribution is -2.36. The zero-order valence-corrected chi connectivity index (χ0v) is 15.4. The first-order chi connectivity index (χ1) is 10.9. The number of sulfonamides is 1. The van der Waals surface area contributed by atoms with Crippen LogP contribution in [0.25, 0.3) is 0 Å². The highest BCUT2D eigenvalue weighted by Gasteiger charge is 2.30. The normalized spacial score (nSPS) is 16.7. The molecule has 0 spiro atoms. The average molecular weight is 360 g/mol. The van der Waals surface area contributed by atoms with E-state index in [1.165, 1.54) is 15.6 Å². The number of hydrogen-bond donors (Lipinski definition) is 1. The minimum Gasteiger partial charge on any atom is -0.351 e. The molecule has 0 saturated carbocycles. The second kappa shape index (κ2) is 8.23. The summed E-state index contributed by atoms with van der Waals surface area (Å²) in [5, 5.41) is 4.49. The molecule has 2 rings (SSSR count). The van der Waals surface area contributed by atoms with E-state index in [9.17, 15) is 13.2 Å². The first-order valence-corrected chi connectivity index (χ1v) is 10.3. The Morgan fingerprint density at radius 1 is 1.30 bits per heavy atom. The maximum atomic E-state index is 12.7. The molecule has 1 aliphatic rings. The van der Waals surface area contributed by atoms with Crippen molar-refractivity contribution >= 4 is 27.3 Å². The van der Waals surface area contributed by atoms with Crippen LogP contribution in [0.4, 0.5) is 0 Å². The molecule has 1 amide bonds. The van der Waals surface area contributed by atoms with Gasteiger partial charge in [0.15, 0.2) is 0 Å². The second-order valence-electron chi connectivity index (χ2n) is 5.99. The molecule has 2 heterocycles. The number of hydrogen-bond acceptors (Lipinski definition) is 5. The summed E-state index contributed by atoms with van der Waals surface area (Å²) < 4.78 is 27.0. The number of carbonyl (C=O) groups excluding carboxylic acids is 1. The quantitative estimate of drug-likeness (QED) is 0.751. The van der Waals surface area contributed by atoms with Gasteiger partial charge in [-0.1, -0.05) is 6.42 Å². The number of rotatable bonds is 7. The molecular weight excluding hydrogens is 334 g/mol. The van der Waals surface area contributed by atoms with Gasteiger partial charge in [0.2, 0.25) is 10.0 Å². The molecule has 130 valence electrons. The van der Waals surface area contributed by atoms with Gasteiger partial charge in [0.25, 0.3) is 5.91 Å². The van der Waals surface area contributed by atoms with E-state index in [4.69, 9.17) is 0 Å². The monoisotopic (exact) mass is 359 g/mol. The molecule has 23 heavy (non-hydrogen) atoms. The summed E-state index contributed by atoms with van der Waals surface area (Å²) >= 11 is 1.18. The molecule has 0 atom stereocenters. The molecule has 1 aromatic rings. The van der Waals surface area contributed by atoms with E-state index >= 15 is 0 Å². The Kier molecular flexibility index (Phi) is 6.58. The highest BCUT2D eigenvalue weighted by Crippen LogP contribution is 2.27. The molecule has 0 bridgehead atoms. The molecule has 0 aliphatic carbocycles. The molecule has 8 heteroatoms. The first kappa shape index (κ1) is 18.4. The van der Waals surface area contributed by atoms with E-state index in [0.29, 0.717) is 24.5 Å². The number of nitrogens with one attached hydrogen (secondary N) is 1. The Balaban J connectivity index is 2.04. The number of nitrogens with zero attached hydrogens (tertiary/aromatic N) is 2. The summed E-state index contributed by atoms with van der Waals surface area (Å²) in [4.78, 5) is 14.8. The minimum absolute atomic E-state index is 0.148. The van der Waals surface area contributed by atoms with Crippen LogP contribution in [-0.4, -0.2) is 63.8 Å². The van der Waals surface area contributed by atoms with Gasteiger partial charge in [-0.05, 0) is 51.3 Å². The average Bonchev–Trinajstić information content (AvgIpc) is 3.02. The molecule has 1 fully saturated rings. The van der Waals surface area contributed by atoms with Crippen LogP contribution in [0.1, 0.15) is 35.4 Å². The fraction of sp³-hybridized carbons (Fsp3) is 0.667. The molecule has 0 unspecified atom stereocenters. The molecule has 0 radical (unpaired) electrons. The minimum atomic E-state index is -3.56. The third kappa shape index (κ3) is 4.76. The lowest BCUT2D eigenvalue weighted by Gasteiger charge is -2.25. The Morgan fingerprint density at radius 3 is 2.65 bits per heavy atom. The standard InChI is InChI=1S/C15H25N3O3S2/c1-17(2)9-6-8-16-15(19)14-13(7-12-22-14)23(20,21)18-10-4-3-5-11-18/h7,12H,3-6,8-11H2,1-2H3,(H,16,19). The summed E-state index contributed by atoms with van der Waals surface area (Å²) in [7, 11) is 0.389. The summed E-state index contributed by atoms with van der Waals surface area (Å²) in [6.45, 7) is 2.51. The van der Waals surface area contributed by atoms with Crippen molar-refractivity contribution in [3.8, 4) is 0 Å². The van der Waals surface area contributed by atoms with Crippen molar-refractivity contribution in [3.05, 3.63) is 16.3 Å². The van der Waals surface area contributed by atoms with Crippen LogP contribution in [0.2, 0.25) is 0 Å². The summed E-state index contributed by atoms with van der Waals surface area (Å²) in [5.41, 5.74) is 0. The topological polar surface area (TPSA) is 69.7 Å². The van der Waals surface area contributed by atoms with Gasteiger partial charge in [0, 0.05) is 19.6 Å². The zero-order valence-electron chi connectivity index (χ0n) is 13.7. The third-order valence-corrected chi connectivity index (χ3v) is 6.82. The fourth-order valence-corrected chi connectivity index (χ4v) is 5.42. The summed E-state index contributed by atoms with van der Waals surface area (Å²) in [5.74, 6) is -0.297. The maximum absolute atomic E-state index is 12.7. The maximum Gasteiger partial charge on any atom is 0.262 e. The number of amides is 1. The molecule has 0 aromatic carbocycles. The van der Waals surface area contributed by atoms with Gasteiger partial charge >= 0.3 is 0 Å². The number of carbonyl (C=O) groups is 1. The third-order valence-electron chi connectivity index (χ3n) is 3.84. The van der Waals surface area contributed by atoms with Crippen LogP contribution in [0.5, 0.6) is 0 Å². The van der Waals surface area contributed by atoms with E-state index in [1.54, 1.807) is 11.4 Å². The summed E-state index contributed by atoms with van der Waals surface area (Å²) in [6.07, 6.45) is 3.66. The molecular formula is C15H25N3O3S2. The second-order valence-corrected chi connectivity index (χ2v) is 8.81. The van der Waals surface area contributed by atoms with Gasteiger partial charge in [0.1, 0.15) is 9.77 Å². The van der Waals surface area contributed by atoms with Gasteiger partial charge < -0.3 is 10.2 Å². The largest absolute Gasteiger partial charge is 0.351 e. The highest BCUT2D eigenvalue weighted by atomic mass is 32.2. The van der Waals surface area contributed by atoms with Crippen molar-refractivity contribution in [2.75, 3.05) is 40.3 Å². The van der Waals surface area contributed by atoms with E-state index in [1.807, 2.05) is 19.0 Å². The van der Waals surface area contributed by atoms with Gasteiger partial charge in [0.05, 0.1) is 0 Å². The van der Waals surface area contributed by atoms with E-state index in [0.717, 1.165) is 32.2 Å². The Labute approximate surface area is 142 Å². The van der Waals surface area contributed by atoms with Gasteiger partial charge in [-0.15, -0.1) is 11.3 Å². The predicted octanol–water partition coefficient (Wildman–Crippen LogP) is 1.60. The molecule has 1 aliphatic heterocycles. The van der Waals surface area contributed by atoms with Crippen LogP contribution < -0.4 is 5.32 Å². The molecule has 6 nitrogen and oxygen atoms in total. The van der Waals surface area contributed by atoms with E-state index in [2.05, 4.69) is 5.32 Å². The van der Waals surface area contributed by atoms with Crippen molar-refractivity contribution in [2.24, 2.45) is 0 Å². The van der Waals surface area contributed by atoms with Gasteiger partial charge in [-0.25, -0.2) is 8.42 Å². The van der Waals surface area contributed by atoms with Crippen molar-refractivity contribution in [1.29, 1.82) is 0 Å². The van der Waals surface area contributed by atoms with Crippen LogP contribution in [0.3, 0.4) is 0 Å². The lowest BCUT2D eigenvalue weighted by atomic mass is 10.2. The van der Waals surface area contributed by atoms with Gasteiger partial charge in [-0.3, -0.25) is 4.79 Å². The van der Waals surface area contributed by atoms with Crippen molar-refractivity contribution < 1.29 is 13.2 Å². The van der Waals surface area contributed by atoms with Crippen LogP contribution >= 0.6 is 11.3 Å². The molecule has 1 saturated heterocycles. The fourth-order valence-electron chi connectivity index (χ4n) is 2.59. The van der Waals surface area contributed by atoms with E-state index < -0.39 is 10.0 Å². The number of thiophene rings is 1. The first-order valence-electron chi connectivity index (χ1n) is 7.93. The smallest absolute Gasteiger partial charge is 0.262 e. The van der Waals surface area contributed by atoms with Crippen LogP contribution in [-0.2, 0) is 10.0 Å². The lowest BCUT2D eigenvalue weighted by molar-refractivity contribution is 0.0953. The SMILES string of the molecule is CN(C)CCCNC(=O)c1sccc1S(=O)(=O)N1CCCCC1. The number of piperidine rings is 1. The van der Waals surface area contributed by atoms with Crippen molar-refractivity contribution in [3.63, 3.8) is 0 Å². The van der Waals surface area contributed by atoms with Crippen molar-refractivity contribution in [1.82, 2.24) is 14.5 Å². The van der Waals surface area contributed by atoms with Gasteiger partial charge in [-0.2, -0.15) is 4.31 Å². The highest BCUT2D eigenvalue weighted by molar-refractivity contribution is 7.89. The zero-order chi connectivity index (χ0) is 16.9. The Bertz CT molecular complexity index is 620.